The van der Waals surface area contributed by atoms with Gasteiger partial charge in [-0.25, -0.2) is 0 Å². The van der Waals surface area contributed by atoms with Gasteiger partial charge in [0, 0.05) is 42.5 Å². The molecule has 0 aliphatic heterocycles. The van der Waals surface area contributed by atoms with Crippen molar-refractivity contribution >= 4 is 41.5 Å². The van der Waals surface area contributed by atoms with E-state index in [4.69, 9.17) is 11.6 Å². The first-order valence-corrected chi connectivity index (χ1v) is 8.28. The van der Waals surface area contributed by atoms with Crippen molar-refractivity contribution in [3.05, 3.63) is 46.7 Å². The van der Waals surface area contributed by atoms with Crippen LogP contribution in [0.4, 0.5) is 5.69 Å². The SMILES string of the molecule is CNC(C(=O)NCCC(=O)Nc1cccc(Cl)c1C)c1cnn(C)c1.Cl. The third kappa shape index (κ3) is 5.72. The van der Waals surface area contributed by atoms with E-state index in [0.717, 1.165) is 11.1 Å². The summed E-state index contributed by atoms with van der Waals surface area (Å²) in [7, 11) is 3.49. The second-order valence-electron chi connectivity index (χ2n) is 5.67. The van der Waals surface area contributed by atoms with E-state index in [2.05, 4.69) is 21.0 Å². The van der Waals surface area contributed by atoms with Gasteiger partial charge < -0.3 is 16.0 Å². The normalized spacial score (nSPS) is 11.4. The van der Waals surface area contributed by atoms with E-state index < -0.39 is 6.04 Å². The number of amides is 2. The summed E-state index contributed by atoms with van der Waals surface area (Å²) >= 11 is 6.03. The molecular weight excluding hydrogens is 377 g/mol. The van der Waals surface area contributed by atoms with Gasteiger partial charge in [-0.2, -0.15) is 5.10 Å². The number of hydrogen-bond acceptors (Lipinski definition) is 4. The van der Waals surface area contributed by atoms with Crippen LogP contribution in [0.15, 0.2) is 30.6 Å². The first-order valence-electron chi connectivity index (χ1n) is 7.91. The van der Waals surface area contributed by atoms with E-state index in [1.807, 2.05) is 6.92 Å². The summed E-state index contributed by atoms with van der Waals surface area (Å²) in [6, 6.07) is 4.82. The Morgan fingerprint density at radius 3 is 2.69 bits per heavy atom. The van der Waals surface area contributed by atoms with Crippen molar-refractivity contribution < 1.29 is 9.59 Å². The van der Waals surface area contributed by atoms with Gasteiger partial charge in [-0.3, -0.25) is 14.3 Å². The molecule has 2 amide bonds. The molecule has 0 radical (unpaired) electrons. The topological polar surface area (TPSA) is 88.1 Å². The van der Waals surface area contributed by atoms with Crippen LogP contribution in [0.3, 0.4) is 0 Å². The minimum absolute atomic E-state index is 0. The third-order valence-corrected chi connectivity index (χ3v) is 4.21. The number of carbonyl (C=O) groups is 2. The zero-order valence-electron chi connectivity index (χ0n) is 14.9. The van der Waals surface area contributed by atoms with E-state index in [0.29, 0.717) is 10.7 Å². The highest BCUT2D eigenvalue weighted by Gasteiger charge is 2.19. The monoisotopic (exact) mass is 399 g/mol. The maximum atomic E-state index is 12.3. The number of likely N-dealkylation sites (N-methyl/N-ethyl adjacent to an activating group) is 1. The molecular formula is C17H23Cl2N5O2. The van der Waals surface area contributed by atoms with E-state index in [1.165, 1.54) is 0 Å². The largest absolute Gasteiger partial charge is 0.354 e. The summed E-state index contributed by atoms with van der Waals surface area (Å²) in [6.07, 6.45) is 3.58. The number of nitrogens with zero attached hydrogens (tertiary/aromatic N) is 2. The van der Waals surface area contributed by atoms with Gasteiger partial charge in [-0.05, 0) is 31.7 Å². The molecule has 2 rings (SSSR count). The molecule has 2 aromatic rings. The van der Waals surface area contributed by atoms with Gasteiger partial charge in [-0.15, -0.1) is 12.4 Å². The Hall–Kier alpha value is -2.09. The quantitative estimate of drug-likeness (QED) is 0.665. The molecule has 7 nitrogen and oxygen atoms in total. The first-order chi connectivity index (χ1) is 11.9. The molecule has 0 aliphatic rings. The van der Waals surface area contributed by atoms with Crippen LogP contribution in [-0.2, 0) is 16.6 Å². The molecule has 9 heteroatoms. The van der Waals surface area contributed by atoms with Crippen molar-refractivity contribution in [3.63, 3.8) is 0 Å². The number of hydrogen-bond donors (Lipinski definition) is 3. The Morgan fingerprint density at radius 2 is 2.08 bits per heavy atom. The van der Waals surface area contributed by atoms with Crippen LogP contribution < -0.4 is 16.0 Å². The van der Waals surface area contributed by atoms with Crippen LogP contribution >= 0.6 is 24.0 Å². The van der Waals surface area contributed by atoms with Crippen LogP contribution in [0.1, 0.15) is 23.6 Å². The number of carbonyl (C=O) groups excluding carboxylic acids is 2. The Labute approximate surface area is 163 Å². The van der Waals surface area contributed by atoms with E-state index in [-0.39, 0.29) is 37.2 Å². The Bertz CT molecular complexity index is 763. The predicted molar refractivity (Wildman–Crippen MR) is 105 cm³/mol. The second-order valence-corrected chi connectivity index (χ2v) is 6.08. The van der Waals surface area contributed by atoms with Gasteiger partial charge in [0.25, 0.3) is 0 Å². The van der Waals surface area contributed by atoms with Crippen molar-refractivity contribution in [2.45, 2.75) is 19.4 Å². The molecule has 26 heavy (non-hydrogen) atoms. The van der Waals surface area contributed by atoms with Crippen LogP contribution in [0.25, 0.3) is 0 Å². The molecule has 142 valence electrons. The molecule has 0 fully saturated rings. The van der Waals surface area contributed by atoms with Crippen molar-refractivity contribution in [1.29, 1.82) is 0 Å². The summed E-state index contributed by atoms with van der Waals surface area (Å²) < 4.78 is 1.63. The Kier molecular flexibility index (Phi) is 8.57. The molecule has 1 heterocycles. The molecule has 0 saturated carbocycles. The summed E-state index contributed by atoms with van der Waals surface area (Å²) in [5.74, 6) is -0.393. The zero-order valence-corrected chi connectivity index (χ0v) is 16.4. The van der Waals surface area contributed by atoms with Crippen LogP contribution in [0, 0.1) is 6.92 Å². The maximum Gasteiger partial charge on any atom is 0.241 e. The summed E-state index contributed by atoms with van der Waals surface area (Å²) in [6.45, 7) is 2.08. The number of aromatic nitrogens is 2. The molecule has 0 bridgehead atoms. The fourth-order valence-electron chi connectivity index (χ4n) is 2.40. The van der Waals surface area contributed by atoms with Crippen LogP contribution in [0.5, 0.6) is 0 Å². The summed E-state index contributed by atoms with van der Waals surface area (Å²) in [5, 5.41) is 13.2. The number of halogens is 2. The lowest BCUT2D eigenvalue weighted by molar-refractivity contribution is -0.123. The predicted octanol–water partition coefficient (Wildman–Crippen LogP) is 2.21. The highest BCUT2D eigenvalue weighted by atomic mass is 35.5. The molecule has 1 aromatic heterocycles. The standard InChI is InChI=1S/C17H22ClN5O2.ClH/c1-11-13(18)5-4-6-14(11)22-15(24)7-8-20-17(25)16(19-2)12-9-21-23(3)10-12;/h4-6,9-10,16,19H,7-8H2,1-3H3,(H,20,25)(H,22,24);1H. The van der Waals surface area contributed by atoms with E-state index in [9.17, 15) is 9.59 Å². The Morgan fingerprint density at radius 1 is 1.35 bits per heavy atom. The summed E-state index contributed by atoms with van der Waals surface area (Å²) in [4.78, 5) is 24.3. The first kappa shape index (κ1) is 22.0. The number of nitrogens with one attached hydrogen (secondary N) is 3. The lowest BCUT2D eigenvalue weighted by Crippen LogP contribution is -2.37. The molecule has 0 spiro atoms. The van der Waals surface area contributed by atoms with Crippen LogP contribution in [-0.4, -0.2) is 35.2 Å². The lowest BCUT2D eigenvalue weighted by Gasteiger charge is -2.14. The second kappa shape index (κ2) is 10.2. The summed E-state index contributed by atoms with van der Waals surface area (Å²) in [5.41, 5.74) is 2.25. The van der Waals surface area contributed by atoms with Gasteiger partial charge in [0.15, 0.2) is 0 Å². The fraction of sp³-hybridized carbons (Fsp3) is 0.353. The maximum absolute atomic E-state index is 12.3. The highest BCUT2D eigenvalue weighted by molar-refractivity contribution is 6.31. The molecule has 1 aromatic carbocycles. The number of anilines is 1. The fourth-order valence-corrected chi connectivity index (χ4v) is 2.57. The van der Waals surface area contributed by atoms with E-state index >= 15 is 0 Å². The van der Waals surface area contributed by atoms with Gasteiger partial charge in [-0.1, -0.05) is 17.7 Å². The number of rotatable bonds is 7. The van der Waals surface area contributed by atoms with Crippen molar-refractivity contribution in [2.75, 3.05) is 18.9 Å². The molecule has 3 N–H and O–H groups in total. The van der Waals surface area contributed by atoms with Crippen molar-refractivity contribution in [2.24, 2.45) is 7.05 Å². The molecule has 0 aliphatic carbocycles. The van der Waals surface area contributed by atoms with Crippen LogP contribution in [0.2, 0.25) is 5.02 Å². The minimum Gasteiger partial charge on any atom is -0.354 e. The minimum atomic E-state index is -0.507. The molecule has 0 saturated heterocycles. The smallest absolute Gasteiger partial charge is 0.241 e. The molecule has 1 unspecified atom stereocenters. The number of aryl methyl sites for hydroxylation is 1. The van der Waals surface area contributed by atoms with Crippen molar-refractivity contribution in [3.8, 4) is 0 Å². The molecule has 1 atom stereocenters. The van der Waals surface area contributed by atoms with Gasteiger partial charge in [0.2, 0.25) is 11.8 Å². The third-order valence-electron chi connectivity index (χ3n) is 3.80. The van der Waals surface area contributed by atoms with Gasteiger partial charge >= 0.3 is 0 Å². The van der Waals surface area contributed by atoms with E-state index in [1.54, 1.807) is 49.4 Å². The average Bonchev–Trinajstić information content (AvgIpc) is 2.98. The number of benzene rings is 1. The zero-order chi connectivity index (χ0) is 18.4. The Balaban J connectivity index is 0.00000338. The lowest BCUT2D eigenvalue weighted by atomic mass is 10.1. The van der Waals surface area contributed by atoms with Crippen molar-refractivity contribution in [1.82, 2.24) is 20.4 Å². The highest BCUT2D eigenvalue weighted by Crippen LogP contribution is 2.22. The average molecular weight is 400 g/mol. The van der Waals surface area contributed by atoms with Gasteiger partial charge in [0.1, 0.15) is 6.04 Å². The van der Waals surface area contributed by atoms with Gasteiger partial charge in [0.05, 0.1) is 6.20 Å².